The number of nitrogens with zero attached hydrogens (tertiary/aromatic N) is 2. The van der Waals surface area contributed by atoms with Crippen LogP contribution in [0.25, 0.3) is 22.2 Å². The number of aliphatic hydroxyl groups excluding tert-OH is 1. The first-order valence-corrected chi connectivity index (χ1v) is 5.78. The number of rotatable bonds is 3. The summed E-state index contributed by atoms with van der Waals surface area (Å²) in [6, 6.07) is 9.68. The molecule has 90 valence electrons. The van der Waals surface area contributed by atoms with Gasteiger partial charge in [0.05, 0.1) is 12.3 Å². The Balaban J connectivity index is 2.11. The molecule has 18 heavy (non-hydrogen) atoms. The highest BCUT2D eigenvalue weighted by molar-refractivity contribution is 5.92. The van der Waals surface area contributed by atoms with Crippen LogP contribution >= 0.6 is 0 Å². The lowest BCUT2D eigenvalue weighted by atomic mass is 10.1. The van der Waals surface area contributed by atoms with Gasteiger partial charge in [-0.1, -0.05) is 18.2 Å². The molecule has 1 N–H and O–H groups in total. The van der Waals surface area contributed by atoms with E-state index in [4.69, 9.17) is 9.52 Å². The zero-order chi connectivity index (χ0) is 12.4. The highest BCUT2D eigenvalue weighted by atomic mass is 16.3. The van der Waals surface area contributed by atoms with Gasteiger partial charge in [0.15, 0.2) is 0 Å². The Labute approximate surface area is 104 Å². The molecule has 0 unspecified atom stereocenters. The molecule has 0 bridgehead atoms. The third kappa shape index (κ3) is 1.87. The van der Waals surface area contributed by atoms with E-state index in [1.54, 1.807) is 12.5 Å². The molecule has 4 nitrogen and oxygen atoms in total. The molecule has 0 amide bonds. The van der Waals surface area contributed by atoms with Crippen LogP contribution in [0.15, 0.2) is 47.2 Å². The van der Waals surface area contributed by atoms with Crippen molar-refractivity contribution >= 4 is 11.0 Å². The van der Waals surface area contributed by atoms with E-state index in [2.05, 4.69) is 9.97 Å². The molecule has 0 saturated heterocycles. The smallest absolute Gasteiger partial charge is 0.134 e. The second-order valence-corrected chi connectivity index (χ2v) is 3.98. The van der Waals surface area contributed by atoms with E-state index >= 15 is 0 Å². The first kappa shape index (κ1) is 10.9. The van der Waals surface area contributed by atoms with E-state index in [1.807, 2.05) is 30.3 Å². The third-order valence-corrected chi connectivity index (χ3v) is 2.80. The summed E-state index contributed by atoms with van der Waals surface area (Å²) in [4.78, 5) is 8.54. The van der Waals surface area contributed by atoms with Gasteiger partial charge in [0.2, 0.25) is 0 Å². The van der Waals surface area contributed by atoms with Gasteiger partial charge in [-0.05, 0) is 12.1 Å². The highest BCUT2D eigenvalue weighted by Crippen LogP contribution is 2.28. The molecule has 3 rings (SSSR count). The maximum atomic E-state index is 8.91. The van der Waals surface area contributed by atoms with Gasteiger partial charge in [-0.2, -0.15) is 0 Å². The Kier molecular flexibility index (Phi) is 2.78. The summed E-state index contributed by atoms with van der Waals surface area (Å²) in [5, 5.41) is 9.95. The van der Waals surface area contributed by atoms with Crippen LogP contribution in [0.1, 0.15) is 5.82 Å². The minimum absolute atomic E-state index is 0.0512. The summed E-state index contributed by atoms with van der Waals surface area (Å²) in [5.74, 6) is 0.639. The van der Waals surface area contributed by atoms with Gasteiger partial charge in [-0.3, -0.25) is 0 Å². The van der Waals surface area contributed by atoms with Gasteiger partial charge < -0.3 is 9.52 Å². The van der Waals surface area contributed by atoms with Gasteiger partial charge >= 0.3 is 0 Å². The van der Waals surface area contributed by atoms with Crippen LogP contribution in [0.4, 0.5) is 0 Å². The van der Waals surface area contributed by atoms with Crippen molar-refractivity contribution in [2.75, 3.05) is 6.61 Å². The first-order chi connectivity index (χ1) is 8.88. The minimum Gasteiger partial charge on any atom is -0.464 e. The van der Waals surface area contributed by atoms with Crippen LogP contribution < -0.4 is 0 Å². The van der Waals surface area contributed by atoms with Crippen molar-refractivity contribution in [2.45, 2.75) is 6.42 Å². The van der Waals surface area contributed by atoms with E-state index < -0.39 is 0 Å². The third-order valence-electron chi connectivity index (χ3n) is 2.80. The fraction of sp³-hybridized carbons (Fsp3) is 0.143. The number of aliphatic hydroxyl groups is 1. The molecule has 2 heterocycles. The zero-order valence-corrected chi connectivity index (χ0v) is 9.71. The molecule has 0 fully saturated rings. The fourth-order valence-electron chi connectivity index (χ4n) is 1.95. The van der Waals surface area contributed by atoms with Crippen molar-refractivity contribution in [3.05, 3.63) is 48.6 Å². The van der Waals surface area contributed by atoms with Crippen LogP contribution in [0, 0.1) is 0 Å². The fourth-order valence-corrected chi connectivity index (χ4v) is 1.95. The Morgan fingerprint density at radius 1 is 1.17 bits per heavy atom. The number of furan rings is 1. The number of hydrogen-bond donors (Lipinski definition) is 1. The van der Waals surface area contributed by atoms with Crippen molar-refractivity contribution in [1.82, 2.24) is 9.97 Å². The monoisotopic (exact) mass is 240 g/mol. The normalized spacial score (nSPS) is 10.9. The average Bonchev–Trinajstić information content (AvgIpc) is 2.83. The number of aromatic nitrogens is 2. The van der Waals surface area contributed by atoms with Crippen molar-refractivity contribution in [2.24, 2.45) is 0 Å². The summed E-state index contributed by atoms with van der Waals surface area (Å²) >= 11 is 0. The van der Waals surface area contributed by atoms with Crippen LogP contribution in [0.2, 0.25) is 0 Å². The molecule has 0 radical (unpaired) electrons. The average molecular weight is 240 g/mol. The maximum Gasteiger partial charge on any atom is 0.134 e. The summed E-state index contributed by atoms with van der Waals surface area (Å²) in [5.41, 5.74) is 2.61. The minimum atomic E-state index is 0.0512. The Hall–Kier alpha value is -2.20. The van der Waals surface area contributed by atoms with E-state index in [-0.39, 0.29) is 6.61 Å². The number of para-hydroxylation sites is 1. The van der Waals surface area contributed by atoms with Crippen LogP contribution in [-0.4, -0.2) is 21.7 Å². The van der Waals surface area contributed by atoms with Gasteiger partial charge in [0.1, 0.15) is 17.7 Å². The Morgan fingerprint density at radius 2 is 2.06 bits per heavy atom. The zero-order valence-electron chi connectivity index (χ0n) is 9.71. The molecular weight excluding hydrogens is 228 g/mol. The molecule has 0 aliphatic carbocycles. The van der Waals surface area contributed by atoms with Gasteiger partial charge in [-0.25, -0.2) is 9.97 Å². The van der Waals surface area contributed by atoms with Gasteiger partial charge in [0, 0.05) is 23.6 Å². The summed E-state index contributed by atoms with van der Waals surface area (Å²) in [6.07, 6.45) is 3.87. The predicted molar refractivity (Wildman–Crippen MR) is 68.0 cm³/mol. The van der Waals surface area contributed by atoms with E-state index in [9.17, 15) is 0 Å². The molecule has 1 aromatic carbocycles. The van der Waals surface area contributed by atoms with Crippen molar-refractivity contribution < 1.29 is 9.52 Å². The maximum absolute atomic E-state index is 8.91. The molecule has 0 spiro atoms. The van der Waals surface area contributed by atoms with Crippen LogP contribution in [0.5, 0.6) is 0 Å². The number of fused-ring (bicyclic) bond motifs is 1. The van der Waals surface area contributed by atoms with Crippen molar-refractivity contribution in [3.63, 3.8) is 0 Å². The summed E-state index contributed by atoms with van der Waals surface area (Å²) in [6.45, 7) is 0.0512. The molecule has 0 aliphatic rings. The molecule has 0 saturated carbocycles. The van der Waals surface area contributed by atoms with E-state index in [0.29, 0.717) is 12.2 Å². The molecule has 4 heteroatoms. The van der Waals surface area contributed by atoms with Crippen molar-refractivity contribution in [1.29, 1.82) is 0 Å². The summed E-state index contributed by atoms with van der Waals surface area (Å²) in [7, 11) is 0. The lowest BCUT2D eigenvalue weighted by Gasteiger charge is -2.00. The number of hydrogen-bond acceptors (Lipinski definition) is 4. The molecule has 3 aromatic rings. The standard InChI is InChI=1S/C14H12N2O2/c17-8-6-14-15-7-5-12(16-14)11-9-18-13-4-2-1-3-10(11)13/h1-5,7,9,17H,6,8H2. The topological polar surface area (TPSA) is 59.2 Å². The first-order valence-electron chi connectivity index (χ1n) is 5.78. The van der Waals surface area contributed by atoms with Crippen LogP contribution in [0.3, 0.4) is 0 Å². The molecular formula is C14H12N2O2. The molecule has 2 aromatic heterocycles. The van der Waals surface area contributed by atoms with Crippen molar-refractivity contribution in [3.8, 4) is 11.3 Å². The second kappa shape index (κ2) is 4.58. The number of benzene rings is 1. The second-order valence-electron chi connectivity index (χ2n) is 3.98. The lowest BCUT2D eigenvalue weighted by molar-refractivity contribution is 0.296. The van der Waals surface area contributed by atoms with E-state index in [1.165, 1.54) is 0 Å². The largest absolute Gasteiger partial charge is 0.464 e. The van der Waals surface area contributed by atoms with Crippen LogP contribution in [-0.2, 0) is 6.42 Å². The predicted octanol–water partition coefficient (Wildman–Crippen LogP) is 2.42. The summed E-state index contributed by atoms with van der Waals surface area (Å²) < 4.78 is 5.49. The highest BCUT2D eigenvalue weighted by Gasteiger charge is 2.09. The van der Waals surface area contributed by atoms with Gasteiger partial charge in [-0.15, -0.1) is 0 Å². The quantitative estimate of drug-likeness (QED) is 0.763. The lowest BCUT2D eigenvalue weighted by Crippen LogP contribution is -1.98. The SMILES string of the molecule is OCCc1nccc(-c2coc3ccccc23)n1. The van der Waals surface area contributed by atoms with Gasteiger partial charge in [0.25, 0.3) is 0 Å². The van der Waals surface area contributed by atoms with E-state index in [0.717, 1.165) is 22.2 Å². The Morgan fingerprint density at radius 3 is 2.94 bits per heavy atom. The molecule has 0 atom stereocenters. The Bertz CT molecular complexity index is 676. The molecule has 0 aliphatic heterocycles.